The minimum Gasteiger partial charge on any atom is -0.408 e. The van der Waals surface area contributed by atoms with Gasteiger partial charge in [0.1, 0.15) is 5.82 Å². The molecule has 3 rings (SSSR count). The van der Waals surface area contributed by atoms with Crippen molar-refractivity contribution in [3.63, 3.8) is 0 Å². The smallest absolute Gasteiger partial charge is 0.318 e. The van der Waals surface area contributed by atoms with E-state index >= 15 is 0 Å². The number of nitrogens with zero attached hydrogens (tertiary/aromatic N) is 4. The second-order valence-electron chi connectivity index (χ2n) is 7.08. The number of hydrogen-bond donors (Lipinski definition) is 0. The first kappa shape index (κ1) is 18.4. The van der Waals surface area contributed by atoms with Crippen LogP contribution in [0.2, 0.25) is 0 Å². The maximum absolute atomic E-state index is 13.2. The molecule has 0 aliphatic carbocycles. The minimum atomic E-state index is -0.255. The fraction of sp³-hybridized carbons (Fsp3) is 0.526. The molecule has 1 unspecified atom stereocenters. The minimum absolute atomic E-state index is 0.0831. The Kier molecular flexibility index (Phi) is 5.54. The van der Waals surface area contributed by atoms with Gasteiger partial charge in [-0.05, 0) is 29.5 Å². The number of aryl methyl sites for hydroxylation is 1. The maximum Gasteiger partial charge on any atom is 0.318 e. The lowest BCUT2D eigenvalue weighted by Gasteiger charge is -2.34. The molecule has 6 nitrogen and oxygen atoms in total. The second kappa shape index (κ2) is 7.85. The predicted octanol–water partition coefficient (Wildman–Crippen LogP) is 3.00. The van der Waals surface area contributed by atoms with Crippen molar-refractivity contribution < 1.29 is 13.6 Å². The van der Waals surface area contributed by atoms with Gasteiger partial charge in [0.15, 0.2) is 0 Å². The van der Waals surface area contributed by atoms with Crippen LogP contribution in [0.1, 0.15) is 37.6 Å². The second-order valence-corrected chi connectivity index (χ2v) is 7.08. The molecule has 2 heterocycles. The summed E-state index contributed by atoms with van der Waals surface area (Å²) in [5.74, 6) is 0.800. The fourth-order valence-electron chi connectivity index (χ4n) is 3.33. The van der Waals surface area contributed by atoms with E-state index in [0.29, 0.717) is 50.4 Å². The number of piperazine rings is 1. The van der Waals surface area contributed by atoms with E-state index < -0.39 is 0 Å². The normalized spacial score (nSPS) is 16.2. The molecule has 0 spiro atoms. The van der Waals surface area contributed by atoms with Crippen LogP contribution in [0, 0.1) is 18.7 Å². The van der Waals surface area contributed by atoms with Crippen molar-refractivity contribution in [2.75, 3.05) is 31.1 Å². The van der Waals surface area contributed by atoms with Crippen LogP contribution in [0.25, 0.3) is 0 Å². The van der Waals surface area contributed by atoms with Crippen molar-refractivity contribution in [2.24, 2.45) is 5.92 Å². The lowest BCUT2D eigenvalue weighted by Crippen LogP contribution is -2.49. The molecule has 1 aromatic carbocycles. The molecular weight excluding hydrogens is 335 g/mol. The van der Waals surface area contributed by atoms with Crippen LogP contribution in [-0.4, -0.2) is 47.2 Å². The predicted molar refractivity (Wildman–Crippen MR) is 96.4 cm³/mol. The van der Waals surface area contributed by atoms with Crippen molar-refractivity contribution in [2.45, 2.75) is 33.1 Å². The van der Waals surface area contributed by atoms with E-state index in [1.165, 1.54) is 12.1 Å². The standard InChI is InChI=1S/C19H25FN4O2/c1-13(2)17(15-4-6-16(20)7-5-15)12-18(25)23-8-10-24(11-9-23)19-22-21-14(3)26-19/h4-7,13,17H,8-12H2,1-3H3. The Labute approximate surface area is 153 Å². The van der Waals surface area contributed by atoms with Gasteiger partial charge in [-0.2, -0.15) is 0 Å². The van der Waals surface area contributed by atoms with Crippen LogP contribution in [-0.2, 0) is 4.79 Å². The summed E-state index contributed by atoms with van der Waals surface area (Å²) >= 11 is 0. The van der Waals surface area contributed by atoms with Crippen LogP contribution in [0.3, 0.4) is 0 Å². The zero-order valence-corrected chi connectivity index (χ0v) is 15.5. The van der Waals surface area contributed by atoms with E-state index in [-0.39, 0.29) is 17.6 Å². The molecule has 1 fully saturated rings. The van der Waals surface area contributed by atoms with E-state index in [1.54, 1.807) is 19.1 Å². The number of hydrogen-bond acceptors (Lipinski definition) is 5. The maximum atomic E-state index is 13.2. The average Bonchev–Trinajstić information content (AvgIpc) is 3.07. The van der Waals surface area contributed by atoms with Gasteiger partial charge in [-0.15, -0.1) is 5.10 Å². The molecule has 1 aliphatic rings. The molecule has 0 saturated carbocycles. The zero-order chi connectivity index (χ0) is 18.7. The van der Waals surface area contributed by atoms with Crippen molar-refractivity contribution >= 4 is 11.9 Å². The third kappa shape index (κ3) is 4.20. The number of benzene rings is 1. The monoisotopic (exact) mass is 360 g/mol. The van der Waals surface area contributed by atoms with Gasteiger partial charge in [0.2, 0.25) is 11.8 Å². The van der Waals surface area contributed by atoms with Gasteiger partial charge in [0.25, 0.3) is 0 Å². The molecule has 26 heavy (non-hydrogen) atoms. The topological polar surface area (TPSA) is 62.5 Å². The summed E-state index contributed by atoms with van der Waals surface area (Å²) in [6, 6.07) is 6.99. The largest absolute Gasteiger partial charge is 0.408 e. The number of rotatable bonds is 5. The summed E-state index contributed by atoms with van der Waals surface area (Å²) in [6.07, 6.45) is 0.433. The molecule has 140 valence electrons. The lowest BCUT2D eigenvalue weighted by atomic mass is 9.85. The summed E-state index contributed by atoms with van der Waals surface area (Å²) in [6.45, 7) is 8.57. The molecule has 0 N–H and O–H groups in total. The molecular formula is C19H25FN4O2. The number of carbonyl (C=O) groups is 1. The number of halogens is 1. The molecule has 1 aromatic heterocycles. The average molecular weight is 360 g/mol. The van der Waals surface area contributed by atoms with Gasteiger partial charge >= 0.3 is 6.01 Å². The molecule has 1 aliphatic heterocycles. The Bertz CT molecular complexity index is 736. The van der Waals surface area contributed by atoms with Crippen molar-refractivity contribution in [3.8, 4) is 0 Å². The highest BCUT2D eigenvalue weighted by Gasteiger charge is 2.27. The summed E-state index contributed by atoms with van der Waals surface area (Å²) in [7, 11) is 0. The van der Waals surface area contributed by atoms with E-state index in [9.17, 15) is 9.18 Å². The van der Waals surface area contributed by atoms with E-state index in [1.807, 2.05) is 9.80 Å². The summed E-state index contributed by atoms with van der Waals surface area (Å²) < 4.78 is 18.6. The Hall–Kier alpha value is -2.44. The summed E-state index contributed by atoms with van der Waals surface area (Å²) in [5, 5.41) is 7.88. The molecule has 0 bridgehead atoms. The van der Waals surface area contributed by atoms with Crippen LogP contribution in [0.4, 0.5) is 10.4 Å². The number of amides is 1. The Morgan fingerprint density at radius 1 is 1.15 bits per heavy atom. The molecule has 1 saturated heterocycles. The van der Waals surface area contributed by atoms with Crippen molar-refractivity contribution in [1.82, 2.24) is 15.1 Å². The number of anilines is 1. The van der Waals surface area contributed by atoms with Gasteiger partial charge in [0.05, 0.1) is 0 Å². The van der Waals surface area contributed by atoms with Crippen molar-refractivity contribution in [1.29, 1.82) is 0 Å². The van der Waals surface area contributed by atoms with E-state index in [0.717, 1.165) is 5.56 Å². The molecule has 1 amide bonds. The van der Waals surface area contributed by atoms with Gasteiger partial charge in [-0.25, -0.2) is 4.39 Å². The van der Waals surface area contributed by atoms with Crippen LogP contribution >= 0.6 is 0 Å². The SMILES string of the molecule is Cc1nnc(N2CCN(C(=O)CC(c3ccc(F)cc3)C(C)C)CC2)o1. The fourth-order valence-corrected chi connectivity index (χ4v) is 3.33. The van der Waals surface area contributed by atoms with Crippen molar-refractivity contribution in [3.05, 3.63) is 41.5 Å². The molecule has 7 heteroatoms. The van der Waals surface area contributed by atoms with Gasteiger partial charge in [-0.3, -0.25) is 4.79 Å². The quantitative estimate of drug-likeness (QED) is 0.820. The van der Waals surface area contributed by atoms with Gasteiger partial charge in [-0.1, -0.05) is 31.1 Å². The van der Waals surface area contributed by atoms with Crippen LogP contribution < -0.4 is 4.90 Å². The Morgan fingerprint density at radius 2 is 1.81 bits per heavy atom. The third-order valence-corrected chi connectivity index (χ3v) is 4.92. The third-order valence-electron chi connectivity index (χ3n) is 4.92. The first-order valence-corrected chi connectivity index (χ1v) is 9.02. The first-order chi connectivity index (χ1) is 12.4. The summed E-state index contributed by atoms with van der Waals surface area (Å²) in [4.78, 5) is 16.7. The first-order valence-electron chi connectivity index (χ1n) is 9.02. The Morgan fingerprint density at radius 3 is 2.35 bits per heavy atom. The highest BCUT2D eigenvalue weighted by atomic mass is 19.1. The molecule has 2 aromatic rings. The van der Waals surface area contributed by atoms with E-state index in [4.69, 9.17) is 4.42 Å². The molecule has 0 radical (unpaired) electrons. The highest BCUT2D eigenvalue weighted by Crippen LogP contribution is 2.29. The summed E-state index contributed by atoms with van der Waals surface area (Å²) in [5.41, 5.74) is 1.01. The van der Waals surface area contributed by atoms with Gasteiger partial charge in [0, 0.05) is 39.5 Å². The van der Waals surface area contributed by atoms with Crippen LogP contribution in [0.15, 0.2) is 28.7 Å². The zero-order valence-electron chi connectivity index (χ0n) is 15.5. The van der Waals surface area contributed by atoms with Crippen LogP contribution in [0.5, 0.6) is 0 Å². The molecule has 1 atom stereocenters. The Balaban J connectivity index is 1.59. The highest BCUT2D eigenvalue weighted by molar-refractivity contribution is 5.77. The number of aromatic nitrogens is 2. The number of carbonyl (C=O) groups excluding carboxylic acids is 1. The lowest BCUT2D eigenvalue weighted by molar-refractivity contribution is -0.132. The van der Waals surface area contributed by atoms with E-state index in [2.05, 4.69) is 24.0 Å². The van der Waals surface area contributed by atoms with Gasteiger partial charge < -0.3 is 14.2 Å².